The minimum atomic E-state index is -2.31. The van der Waals surface area contributed by atoms with Gasteiger partial charge in [0.05, 0.1) is 29.0 Å². The lowest BCUT2D eigenvalue weighted by molar-refractivity contribution is -0.172. The zero-order valence-corrected chi connectivity index (χ0v) is 19.8. The number of benzene rings is 1. The minimum absolute atomic E-state index is 0.0902. The zero-order chi connectivity index (χ0) is 23.7. The molecule has 2 aliphatic rings. The third-order valence-electron chi connectivity index (χ3n) is 6.77. The number of aromatic nitrogens is 2. The predicted octanol–water partition coefficient (Wildman–Crippen LogP) is 2.53. The van der Waals surface area contributed by atoms with Gasteiger partial charge < -0.3 is 24.3 Å². The summed E-state index contributed by atoms with van der Waals surface area (Å²) in [5, 5.41) is 22.3. The van der Waals surface area contributed by atoms with Gasteiger partial charge in [0.15, 0.2) is 13.9 Å². The SMILES string of the molecule is CC[C@@]1(O)C(=O)OCc2c1cc1n(c2=O)Cc2cc3c(CC[Si](C)(C)O)c(O)ccc3nc2-1. The van der Waals surface area contributed by atoms with E-state index >= 15 is 0 Å². The van der Waals surface area contributed by atoms with Gasteiger partial charge >= 0.3 is 5.97 Å². The van der Waals surface area contributed by atoms with Crippen LogP contribution < -0.4 is 5.56 Å². The fourth-order valence-corrected chi connectivity index (χ4v) is 5.66. The first-order chi connectivity index (χ1) is 15.5. The van der Waals surface area contributed by atoms with Crippen LogP contribution in [0.15, 0.2) is 29.1 Å². The summed E-state index contributed by atoms with van der Waals surface area (Å²) in [5.74, 6) is -0.587. The largest absolute Gasteiger partial charge is 0.508 e. The first-order valence-electron chi connectivity index (χ1n) is 11.1. The number of phenols is 1. The third kappa shape index (κ3) is 3.30. The first kappa shape index (κ1) is 21.8. The molecule has 0 aliphatic carbocycles. The monoisotopic (exact) mass is 466 g/mol. The van der Waals surface area contributed by atoms with Gasteiger partial charge in [0.1, 0.15) is 12.4 Å². The number of phenolic OH excluding ortho intramolecular Hbond substituents is 1. The van der Waals surface area contributed by atoms with Crippen LogP contribution in [0, 0.1) is 0 Å². The van der Waals surface area contributed by atoms with Gasteiger partial charge in [-0.05, 0) is 56.2 Å². The highest BCUT2D eigenvalue weighted by Gasteiger charge is 2.45. The minimum Gasteiger partial charge on any atom is -0.508 e. The summed E-state index contributed by atoms with van der Waals surface area (Å²) >= 11 is 0. The average Bonchev–Trinajstić information content (AvgIpc) is 3.12. The van der Waals surface area contributed by atoms with Crippen LogP contribution in [0.25, 0.3) is 22.3 Å². The molecule has 3 N–H and O–H groups in total. The number of fused-ring (bicyclic) bond motifs is 5. The van der Waals surface area contributed by atoms with Gasteiger partial charge in [0.2, 0.25) is 0 Å². The average molecular weight is 467 g/mol. The lowest BCUT2D eigenvalue weighted by Crippen LogP contribution is -2.44. The number of aromatic hydroxyl groups is 1. The Labute approximate surface area is 191 Å². The van der Waals surface area contributed by atoms with E-state index in [1.807, 2.05) is 19.2 Å². The summed E-state index contributed by atoms with van der Waals surface area (Å²) in [6, 6.07) is 7.57. The van der Waals surface area contributed by atoms with Gasteiger partial charge in [-0.1, -0.05) is 6.92 Å². The highest BCUT2D eigenvalue weighted by atomic mass is 28.4. The van der Waals surface area contributed by atoms with Crippen molar-refractivity contribution >= 4 is 25.2 Å². The molecule has 0 amide bonds. The first-order valence-corrected chi connectivity index (χ1v) is 14.2. The second kappa shape index (κ2) is 7.24. The summed E-state index contributed by atoms with van der Waals surface area (Å²) in [6.45, 7) is 5.53. The Hall–Kier alpha value is -3.01. The van der Waals surface area contributed by atoms with Crippen molar-refractivity contribution < 1.29 is 24.5 Å². The number of hydrogen-bond acceptors (Lipinski definition) is 7. The summed E-state index contributed by atoms with van der Waals surface area (Å²) < 4.78 is 6.70. The molecule has 1 aromatic carbocycles. The smallest absolute Gasteiger partial charge is 0.343 e. The molecule has 0 fully saturated rings. The Morgan fingerprint density at radius 2 is 2.00 bits per heavy atom. The topological polar surface area (TPSA) is 122 Å². The molecular formula is C24H26N2O6Si. The number of carbonyl (C=O) groups excluding carboxylic acids is 1. The van der Waals surface area contributed by atoms with Crippen molar-refractivity contribution in [3.63, 3.8) is 0 Å². The highest BCUT2D eigenvalue weighted by Crippen LogP contribution is 2.39. The van der Waals surface area contributed by atoms with Crippen LogP contribution in [-0.4, -0.2) is 38.8 Å². The van der Waals surface area contributed by atoms with Crippen LogP contribution in [-0.2, 0) is 34.7 Å². The maximum Gasteiger partial charge on any atom is 0.343 e. The van der Waals surface area contributed by atoms with Crippen LogP contribution in [0.2, 0.25) is 19.1 Å². The van der Waals surface area contributed by atoms with Crippen LogP contribution in [0.3, 0.4) is 0 Å². The van der Waals surface area contributed by atoms with Crippen molar-refractivity contribution in [1.82, 2.24) is 9.55 Å². The van der Waals surface area contributed by atoms with E-state index in [1.54, 1.807) is 29.7 Å². The van der Waals surface area contributed by atoms with Crippen LogP contribution in [0.5, 0.6) is 5.75 Å². The Morgan fingerprint density at radius 1 is 1.24 bits per heavy atom. The highest BCUT2D eigenvalue weighted by molar-refractivity contribution is 6.69. The number of cyclic esters (lactones) is 1. The van der Waals surface area contributed by atoms with E-state index in [-0.39, 0.29) is 35.5 Å². The molecule has 0 spiro atoms. The molecule has 0 radical (unpaired) electrons. The number of rotatable bonds is 4. The van der Waals surface area contributed by atoms with E-state index in [4.69, 9.17) is 9.72 Å². The second-order valence-electron chi connectivity index (χ2n) is 9.54. The molecule has 0 bridgehead atoms. The van der Waals surface area contributed by atoms with E-state index in [0.717, 1.165) is 16.5 Å². The molecule has 3 aromatic rings. The van der Waals surface area contributed by atoms with E-state index in [2.05, 4.69) is 0 Å². The van der Waals surface area contributed by atoms with E-state index in [9.17, 15) is 24.6 Å². The summed E-state index contributed by atoms with van der Waals surface area (Å²) in [4.78, 5) is 40.7. The quantitative estimate of drug-likeness (QED) is 0.312. The van der Waals surface area contributed by atoms with Gasteiger partial charge in [-0.25, -0.2) is 9.78 Å². The molecule has 2 aliphatic heterocycles. The fraction of sp³-hybridized carbons (Fsp3) is 0.375. The van der Waals surface area contributed by atoms with Crippen LogP contribution >= 0.6 is 0 Å². The van der Waals surface area contributed by atoms with Gasteiger partial charge in [-0.15, -0.1) is 0 Å². The summed E-state index contributed by atoms with van der Waals surface area (Å²) in [7, 11) is -2.31. The van der Waals surface area contributed by atoms with E-state index < -0.39 is 19.9 Å². The number of ether oxygens (including phenoxy) is 1. The molecule has 0 unspecified atom stereocenters. The fourth-order valence-electron chi connectivity index (χ4n) is 4.79. The standard InChI is InChI=1S/C24H26N2O6Si/c1-4-24(30)17-10-19-21-13(11-26(19)22(28)16(17)12-32-23(24)29)9-15-14(7-8-33(2,3)31)20(27)6-5-18(15)25-21/h5-6,9-10,27,30-31H,4,7-8,11-12H2,1-3H3/t24-/m0/s1. The molecule has 0 saturated heterocycles. The normalized spacial score (nSPS) is 19.2. The number of pyridine rings is 2. The van der Waals surface area contributed by atoms with Crippen molar-refractivity contribution in [3.05, 3.63) is 56.9 Å². The summed E-state index contributed by atoms with van der Waals surface area (Å²) in [5.41, 5.74) is 1.80. The number of carbonyl (C=O) groups is 1. The Bertz CT molecular complexity index is 1390. The maximum atomic E-state index is 13.3. The number of esters is 1. The molecule has 172 valence electrons. The molecule has 33 heavy (non-hydrogen) atoms. The molecular weight excluding hydrogens is 440 g/mol. The molecule has 1 atom stereocenters. The van der Waals surface area contributed by atoms with Gasteiger partial charge in [-0.3, -0.25) is 4.79 Å². The Balaban J connectivity index is 1.69. The van der Waals surface area contributed by atoms with Crippen molar-refractivity contribution in [3.8, 4) is 17.1 Å². The van der Waals surface area contributed by atoms with Crippen molar-refractivity contribution in [1.29, 1.82) is 0 Å². The molecule has 9 heteroatoms. The molecule has 2 aromatic heterocycles. The predicted molar refractivity (Wildman–Crippen MR) is 124 cm³/mol. The van der Waals surface area contributed by atoms with Crippen LogP contribution in [0.4, 0.5) is 0 Å². The van der Waals surface area contributed by atoms with Crippen LogP contribution in [0.1, 0.15) is 35.6 Å². The van der Waals surface area contributed by atoms with Crippen molar-refractivity contribution in [2.75, 3.05) is 0 Å². The second-order valence-corrected chi connectivity index (χ2v) is 13.7. The van der Waals surface area contributed by atoms with E-state index in [1.165, 1.54) is 0 Å². The molecule has 8 nitrogen and oxygen atoms in total. The van der Waals surface area contributed by atoms with E-state index in [0.29, 0.717) is 35.9 Å². The lowest BCUT2D eigenvalue weighted by Gasteiger charge is -2.31. The summed E-state index contributed by atoms with van der Waals surface area (Å²) in [6.07, 6.45) is 0.621. The third-order valence-corrected chi connectivity index (χ3v) is 8.24. The molecule has 0 saturated carbocycles. The van der Waals surface area contributed by atoms with Crippen molar-refractivity contribution in [2.24, 2.45) is 0 Å². The van der Waals surface area contributed by atoms with Gasteiger partial charge in [0.25, 0.3) is 5.56 Å². The van der Waals surface area contributed by atoms with Gasteiger partial charge in [-0.2, -0.15) is 0 Å². The number of aliphatic hydroxyl groups is 1. The number of aryl methyl sites for hydroxylation is 1. The maximum absolute atomic E-state index is 13.3. The molecule has 5 rings (SSSR count). The number of nitrogens with zero attached hydrogens (tertiary/aromatic N) is 2. The van der Waals surface area contributed by atoms with Gasteiger partial charge in [0, 0.05) is 22.1 Å². The number of hydrogen-bond donors (Lipinski definition) is 3. The zero-order valence-electron chi connectivity index (χ0n) is 18.8. The Kier molecular flexibility index (Phi) is 4.79. The lowest BCUT2D eigenvalue weighted by atomic mass is 9.86. The van der Waals surface area contributed by atoms with Crippen molar-refractivity contribution in [2.45, 2.75) is 57.7 Å². The molecule has 4 heterocycles. The Morgan fingerprint density at radius 3 is 2.70 bits per heavy atom.